The Morgan fingerprint density at radius 3 is 2.60 bits per heavy atom. The zero-order valence-corrected chi connectivity index (χ0v) is 15.4. The monoisotopic (exact) mass is 433 g/mol. The Hall–Kier alpha value is -1.72. The molecule has 11 heteroatoms. The second-order valence-electron chi connectivity index (χ2n) is 5.05. The Kier molecular flexibility index (Phi) is 4.73. The van der Waals surface area contributed by atoms with Crippen LogP contribution in [-0.4, -0.2) is 35.0 Å². The van der Waals surface area contributed by atoms with Crippen molar-refractivity contribution in [2.45, 2.75) is 18.0 Å². The topological polar surface area (TPSA) is 79.6 Å². The number of aromatic nitrogens is 5. The zero-order valence-electron chi connectivity index (χ0n) is 13.0. The van der Waals surface area contributed by atoms with Gasteiger partial charge in [0.2, 0.25) is 0 Å². The van der Waals surface area contributed by atoms with Crippen LogP contribution in [0.2, 0.25) is 0 Å². The van der Waals surface area contributed by atoms with E-state index in [0.29, 0.717) is 20.9 Å². The van der Waals surface area contributed by atoms with Crippen LogP contribution in [0.4, 0.5) is 13.2 Å². The van der Waals surface area contributed by atoms with Crippen LogP contribution in [0.1, 0.15) is 12.6 Å². The first-order valence-electron chi connectivity index (χ1n) is 7.05. The van der Waals surface area contributed by atoms with Crippen molar-refractivity contribution in [3.05, 3.63) is 28.5 Å². The standard InChI is InChI=1S/C14H11BrF3N5OS/c1-3-25(24)8-4-5-10(15)20-11(8)13-19-7-6-9(14(16,17)18)21-22-12(7)23(13)2/h4-6H,3H2,1-2H3. The minimum Gasteiger partial charge on any atom is -0.611 e. The number of nitrogens with zero attached hydrogens (tertiary/aromatic N) is 5. The van der Waals surface area contributed by atoms with Crippen molar-refractivity contribution in [2.24, 2.45) is 7.05 Å². The van der Waals surface area contributed by atoms with E-state index in [2.05, 4.69) is 36.1 Å². The van der Waals surface area contributed by atoms with Gasteiger partial charge in [0.25, 0.3) is 0 Å². The number of imidazole rings is 1. The van der Waals surface area contributed by atoms with Crippen LogP contribution < -0.4 is 0 Å². The molecule has 0 bridgehead atoms. The van der Waals surface area contributed by atoms with Gasteiger partial charge in [-0.3, -0.25) is 0 Å². The van der Waals surface area contributed by atoms with E-state index in [1.807, 2.05) is 0 Å². The van der Waals surface area contributed by atoms with Crippen LogP contribution in [-0.2, 0) is 24.4 Å². The molecule has 0 amide bonds. The Morgan fingerprint density at radius 1 is 1.24 bits per heavy atom. The smallest absolute Gasteiger partial charge is 0.435 e. The summed E-state index contributed by atoms with van der Waals surface area (Å²) < 4.78 is 52.7. The van der Waals surface area contributed by atoms with Gasteiger partial charge in [-0.15, -0.1) is 10.2 Å². The molecule has 0 aliphatic rings. The number of halogens is 4. The highest BCUT2D eigenvalue weighted by Crippen LogP contribution is 2.32. The van der Waals surface area contributed by atoms with Crippen molar-refractivity contribution in [1.29, 1.82) is 0 Å². The summed E-state index contributed by atoms with van der Waals surface area (Å²) in [6, 6.07) is 4.13. The Bertz CT molecular complexity index is 946. The molecule has 3 heterocycles. The number of hydrogen-bond acceptors (Lipinski definition) is 5. The number of fused-ring (bicyclic) bond motifs is 1. The highest BCUT2D eigenvalue weighted by molar-refractivity contribution is 9.10. The van der Waals surface area contributed by atoms with Gasteiger partial charge >= 0.3 is 6.18 Å². The summed E-state index contributed by atoms with van der Waals surface area (Å²) in [5.41, 5.74) is -0.583. The third-order valence-corrected chi connectivity index (χ3v) is 5.24. The van der Waals surface area contributed by atoms with Crippen LogP contribution >= 0.6 is 15.9 Å². The first kappa shape index (κ1) is 18.1. The van der Waals surface area contributed by atoms with E-state index in [9.17, 15) is 17.7 Å². The van der Waals surface area contributed by atoms with Gasteiger partial charge in [-0.25, -0.2) is 9.97 Å². The Balaban J connectivity index is 2.23. The van der Waals surface area contributed by atoms with Crippen LogP contribution in [0, 0.1) is 0 Å². The minimum atomic E-state index is -4.61. The fourth-order valence-corrected chi connectivity index (χ4v) is 3.45. The van der Waals surface area contributed by atoms with Gasteiger partial charge < -0.3 is 9.12 Å². The molecule has 1 atom stereocenters. The average molecular weight is 434 g/mol. The lowest BCUT2D eigenvalue weighted by Gasteiger charge is -2.12. The lowest BCUT2D eigenvalue weighted by molar-refractivity contribution is -0.141. The molecule has 0 aliphatic heterocycles. The maximum Gasteiger partial charge on any atom is 0.435 e. The lowest BCUT2D eigenvalue weighted by Crippen LogP contribution is -2.09. The number of rotatable bonds is 3. The highest BCUT2D eigenvalue weighted by atomic mass is 79.9. The van der Waals surface area contributed by atoms with Crippen LogP contribution in [0.25, 0.3) is 22.7 Å². The van der Waals surface area contributed by atoms with E-state index in [1.54, 1.807) is 26.1 Å². The fraction of sp³-hybridized carbons (Fsp3) is 0.286. The van der Waals surface area contributed by atoms with Gasteiger partial charge in [0, 0.05) is 13.1 Å². The molecule has 0 aliphatic carbocycles. The van der Waals surface area contributed by atoms with E-state index >= 15 is 0 Å². The summed E-state index contributed by atoms with van der Waals surface area (Å²) >= 11 is 1.94. The van der Waals surface area contributed by atoms with Gasteiger partial charge in [0.05, 0.1) is 0 Å². The van der Waals surface area contributed by atoms with Crippen molar-refractivity contribution >= 4 is 38.3 Å². The largest absolute Gasteiger partial charge is 0.611 e. The van der Waals surface area contributed by atoms with Crippen molar-refractivity contribution in [3.8, 4) is 11.5 Å². The molecule has 132 valence electrons. The van der Waals surface area contributed by atoms with Crippen LogP contribution in [0.5, 0.6) is 0 Å². The maximum absolute atomic E-state index is 12.8. The minimum absolute atomic E-state index is 0.0369. The van der Waals surface area contributed by atoms with Gasteiger partial charge in [-0.2, -0.15) is 13.2 Å². The zero-order chi connectivity index (χ0) is 18.4. The fourth-order valence-electron chi connectivity index (χ4n) is 2.26. The van der Waals surface area contributed by atoms with Gasteiger partial charge in [0.1, 0.15) is 15.9 Å². The second kappa shape index (κ2) is 6.54. The molecule has 6 nitrogen and oxygen atoms in total. The summed E-state index contributed by atoms with van der Waals surface area (Å²) in [5, 5.41) is 6.84. The summed E-state index contributed by atoms with van der Waals surface area (Å²) in [5.74, 6) is 0.639. The predicted octanol–water partition coefficient (Wildman–Crippen LogP) is 3.33. The molecule has 0 aromatic carbocycles. The Labute approximate surface area is 151 Å². The van der Waals surface area contributed by atoms with Crippen molar-refractivity contribution in [1.82, 2.24) is 24.7 Å². The molecule has 0 fully saturated rings. The molecule has 3 rings (SSSR count). The van der Waals surface area contributed by atoms with E-state index in [-0.39, 0.29) is 17.0 Å². The van der Waals surface area contributed by atoms with E-state index in [1.165, 1.54) is 4.57 Å². The molecule has 3 aromatic rings. The number of alkyl halides is 3. The molecular formula is C14H11BrF3N5OS. The van der Waals surface area contributed by atoms with E-state index in [4.69, 9.17) is 0 Å². The van der Waals surface area contributed by atoms with Gasteiger partial charge in [0.15, 0.2) is 27.8 Å². The van der Waals surface area contributed by atoms with Crippen LogP contribution in [0.3, 0.4) is 0 Å². The Morgan fingerprint density at radius 2 is 1.96 bits per heavy atom. The predicted molar refractivity (Wildman–Crippen MR) is 89.2 cm³/mol. The highest BCUT2D eigenvalue weighted by Gasteiger charge is 2.34. The molecule has 0 N–H and O–H groups in total. The van der Waals surface area contributed by atoms with Crippen molar-refractivity contribution in [3.63, 3.8) is 0 Å². The summed E-state index contributed by atoms with van der Waals surface area (Å²) in [4.78, 5) is 8.98. The third-order valence-electron chi connectivity index (χ3n) is 3.45. The number of hydrogen-bond donors (Lipinski definition) is 0. The molecule has 1 unspecified atom stereocenters. The average Bonchev–Trinajstić information content (AvgIpc) is 2.89. The quantitative estimate of drug-likeness (QED) is 0.467. The van der Waals surface area contributed by atoms with Crippen molar-refractivity contribution < 1.29 is 17.7 Å². The normalized spacial score (nSPS) is 13.4. The maximum atomic E-state index is 12.8. The number of pyridine rings is 1. The SMILES string of the molecule is CC[S+]([O-])c1ccc(Br)nc1-c1nc2cc(C(F)(F)F)nnc2n1C. The van der Waals surface area contributed by atoms with Crippen molar-refractivity contribution in [2.75, 3.05) is 5.75 Å². The van der Waals surface area contributed by atoms with E-state index < -0.39 is 23.0 Å². The third kappa shape index (κ3) is 3.35. The van der Waals surface area contributed by atoms with Gasteiger partial charge in [-0.05, 0) is 46.2 Å². The van der Waals surface area contributed by atoms with Crippen LogP contribution in [0.15, 0.2) is 27.7 Å². The summed E-state index contributed by atoms with van der Waals surface area (Å²) in [6.07, 6.45) is -4.61. The first-order chi connectivity index (χ1) is 11.7. The van der Waals surface area contributed by atoms with Gasteiger partial charge in [-0.1, -0.05) is 0 Å². The molecule has 0 saturated carbocycles. The van der Waals surface area contributed by atoms with E-state index in [0.717, 1.165) is 6.07 Å². The number of aryl methyl sites for hydroxylation is 1. The molecule has 0 radical (unpaired) electrons. The molecule has 3 aromatic heterocycles. The molecule has 0 spiro atoms. The molecule has 25 heavy (non-hydrogen) atoms. The summed E-state index contributed by atoms with van der Waals surface area (Å²) in [7, 11) is 1.59. The summed E-state index contributed by atoms with van der Waals surface area (Å²) in [6.45, 7) is 1.76. The first-order valence-corrected chi connectivity index (χ1v) is 9.16. The lowest BCUT2D eigenvalue weighted by atomic mass is 10.3. The molecule has 0 saturated heterocycles. The molecular weight excluding hydrogens is 423 g/mol. The second-order valence-corrected chi connectivity index (χ2v) is 7.57.